The van der Waals surface area contributed by atoms with Crippen LogP contribution in [0.2, 0.25) is 0 Å². The van der Waals surface area contributed by atoms with E-state index in [0.29, 0.717) is 18.3 Å². The fourth-order valence-corrected chi connectivity index (χ4v) is 2.35. The molecule has 0 spiro atoms. The molecule has 0 saturated carbocycles. The standard InChI is InChI=1S/C16H16N2O2S/c1-11-4-2-3-5-13(11)18-16(21)17-12-6-7-14-15(10-12)20-9-8-19-14/h2-7,10H,8-9H2,1H3,(H2,17,18,21). The van der Waals surface area contributed by atoms with Crippen molar-refractivity contribution in [3.63, 3.8) is 0 Å². The SMILES string of the molecule is Cc1ccccc1NC(=S)Nc1ccc2c(c1)OCCO2. The molecule has 0 aliphatic carbocycles. The van der Waals surface area contributed by atoms with Crippen LogP contribution in [0.15, 0.2) is 42.5 Å². The van der Waals surface area contributed by atoms with Gasteiger partial charge in [-0.15, -0.1) is 0 Å². The molecule has 108 valence electrons. The predicted octanol–water partition coefficient (Wildman–Crippen LogP) is 3.58. The van der Waals surface area contributed by atoms with E-state index in [1.165, 1.54) is 0 Å². The smallest absolute Gasteiger partial charge is 0.175 e. The maximum absolute atomic E-state index is 5.55. The number of ether oxygens (including phenoxy) is 2. The summed E-state index contributed by atoms with van der Waals surface area (Å²) in [5.41, 5.74) is 3.00. The van der Waals surface area contributed by atoms with E-state index in [4.69, 9.17) is 21.7 Å². The van der Waals surface area contributed by atoms with Crippen LogP contribution in [0.3, 0.4) is 0 Å². The number of hydrogen-bond acceptors (Lipinski definition) is 3. The first-order valence-corrected chi connectivity index (χ1v) is 7.16. The summed E-state index contributed by atoms with van der Waals surface area (Å²) >= 11 is 5.34. The molecule has 0 radical (unpaired) electrons. The van der Waals surface area contributed by atoms with E-state index >= 15 is 0 Å². The van der Waals surface area contributed by atoms with E-state index in [0.717, 1.165) is 28.4 Å². The van der Waals surface area contributed by atoms with Crippen LogP contribution in [0.1, 0.15) is 5.56 Å². The first kappa shape index (κ1) is 13.7. The molecule has 0 fully saturated rings. The highest BCUT2D eigenvalue weighted by atomic mass is 32.1. The average Bonchev–Trinajstić information content (AvgIpc) is 2.49. The van der Waals surface area contributed by atoms with Gasteiger partial charge in [0.05, 0.1) is 0 Å². The summed E-state index contributed by atoms with van der Waals surface area (Å²) in [6, 6.07) is 13.7. The number of fused-ring (bicyclic) bond motifs is 1. The van der Waals surface area contributed by atoms with Crippen molar-refractivity contribution in [1.29, 1.82) is 0 Å². The van der Waals surface area contributed by atoms with Crippen molar-refractivity contribution in [2.24, 2.45) is 0 Å². The van der Waals surface area contributed by atoms with Crippen LogP contribution in [0.25, 0.3) is 0 Å². The minimum atomic E-state index is 0.543. The van der Waals surface area contributed by atoms with Gasteiger partial charge in [-0.05, 0) is 42.9 Å². The second-order valence-electron chi connectivity index (χ2n) is 4.75. The molecule has 2 aromatic rings. The van der Waals surface area contributed by atoms with Gasteiger partial charge in [-0.25, -0.2) is 0 Å². The van der Waals surface area contributed by atoms with Crippen LogP contribution in [0.4, 0.5) is 11.4 Å². The lowest BCUT2D eigenvalue weighted by molar-refractivity contribution is 0.171. The Morgan fingerprint density at radius 1 is 1.00 bits per heavy atom. The van der Waals surface area contributed by atoms with Crippen molar-refractivity contribution in [1.82, 2.24) is 0 Å². The van der Waals surface area contributed by atoms with E-state index in [-0.39, 0.29) is 0 Å². The second-order valence-corrected chi connectivity index (χ2v) is 5.16. The van der Waals surface area contributed by atoms with Gasteiger partial charge in [0.25, 0.3) is 0 Å². The van der Waals surface area contributed by atoms with Crippen LogP contribution in [0, 0.1) is 6.92 Å². The van der Waals surface area contributed by atoms with Gasteiger partial charge in [-0.2, -0.15) is 0 Å². The van der Waals surface area contributed by atoms with Gasteiger partial charge in [0, 0.05) is 17.4 Å². The number of rotatable bonds is 2. The Morgan fingerprint density at radius 2 is 1.76 bits per heavy atom. The van der Waals surface area contributed by atoms with E-state index in [1.807, 2.05) is 49.4 Å². The normalized spacial score (nSPS) is 12.6. The number of para-hydroxylation sites is 1. The summed E-state index contributed by atoms with van der Waals surface area (Å²) in [5, 5.41) is 6.88. The zero-order valence-electron chi connectivity index (χ0n) is 11.7. The first-order chi connectivity index (χ1) is 10.2. The van der Waals surface area contributed by atoms with Crippen molar-refractivity contribution in [3.05, 3.63) is 48.0 Å². The molecule has 1 heterocycles. The summed E-state index contributed by atoms with van der Waals surface area (Å²) in [5.74, 6) is 1.51. The lowest BCUT2D eigenvalue weighted by Crippen LogP contribution is -2.20. The van der Waals surface area contributed by atoms with Crippen molar-refractivity contribution in [2.75, 3.05) is 23.8 Å². The summed E-state index contributed by atoms with van der Waals surface area (Å²) in [7, 11) is 0. The maximum Gasteiger partial charge on any atom is 0.175 e. The fourth-order valence-electron chi connectivity index (χ4n) is 2.12. The first-order valence-electron chi connectivity index (χ1n) is 6.76. The molecule has 0 amide bonds. The number of aryl methyl sites for hydroxylation is 1. The number of hydrogen-bond donors (Lipinski definition) is 2. The van der Waals surface area contributed by atoms with Crippen LogP contribution in [-0.4, -0.2) is 18.3 Å². The Balaban J connectivity index is 1.69. The van der Waals surface area contributed by atoms with Gasteiger partial charge in [0.15, 0.2) is 16.6 Å². The number of benzene rings is 2. The highest BCUT2D eigenvalue weighted by molar-refractivity contribution is 7.80. The lowest BCUT2D eigenvalue weighted by atomic mass is 10.2. The third-order valence-electron chi connectivity index (χ3n) is 3.19. The Morgan fingerprint density at radius 3 is 2.57 bits per heavy atom. The predicted molar refractivity (Wildman–Crippen MR) is 88.5 cm³/mol. The van der Waals surface area contributed by atoms with Crippen LogP contribution < -0.4 is 20.1 Å². The lowest BCUT2D eigenvalue weighted by Gasteiger charge is -2.19. The van der Waals surface area contributed by atoms with Gasteiger partial charge >= 0.3 is 0 Å². The quantitative estimate of drug-likeness (QED) is 0.830. The number of anilines is 2. The van der Waals surface area contributed by atoms with Gasteiger partial charge in [-0.3, -0.25) is 0 Å². The van der Waals surface area contributed by atoms with E-state index in [9.17, 15) is 0 Å². The Labute approximate surface area is 129 Å². The van der Waals surface area contributed by atoms with E-state index in [2.05, 4.69) is 10.6 Å². The van der Waals surface area contributed by atoms with Crippen LogP contribution in [0.5, 0.6) is 11.5 Å². The molecule has 0 unspecified atom stereocenters. The Bertz CT molecular complexity index is 673. The monoisotopic (exact) mass is 300 g/mol. The molecular weight excluding hydrogens is 284 g/mol. The Hall–Kier alpha value is -2.27. The molecule has 1 aliphatic heterocycles. The number of thiocarbonyl (C=S) groups is 1. The van der Waals surface area contributed by atoms with Gasteiger partial charge in [0.2, 0.25) is 0 Å². The van der Waals surface area contributed by atoms with E-state index < -0.39 is 0 Å². The Kier molecular flexibility index (Phi) is 3.92. The van der Waals surface area contributed by atoms with Crippen LogP contribution >= 0.6 is 12.2 Å². The van der Waals surface area contributed by atoms with Gasteiger partial charge in [-0.1, -0.05) is 18.2 Å². The molecule has 0 saturated heterocycles. The van der Waals surface area contributed by atoms with E-state index in [1.54, 1.807) is 0 Å². The minimum absolute atomic E-state index is 0.543. The third kappa shape index (κ3) is 3.25. The maximum atomic E-state index is 5.55. The molecule has 21 heavy (non-hydrogen) atoms. The van der Waals surface area contributed by atoms with Gasteiger partial charge in [0.1, 0.15) is 13.2 Å². The van der Waals surface area contributed by atoms with Crippen molar-refractivity contribution in [2.45, 2.75) is 6.92 Å². The fraction of sp³-hybridized carbons (Fsp3) is 0.188. The summed E-state index contributed by atoms with van der Waals surface area (Å²) in [4.78, 5) is 0. The molecular formula is C16H16N2O2S. The molecule has 0 aromatic heterocycles. The minimum Gasteiger partial charge on any atom is -0.486 e. The molecule has 2 aromatic carbocycles. The second kappa shape index (κ2) is 6.01. The summed E-state index contributed by atoms with van der Waals surface area (Å²) < 4.78 is 11.0. The molecule has 2 N–H and O–H groups in total. The molecule has 5 heteroatoms. The highest BCUT2D eigenvalue weighted by Crippen LogP contribution is 2.32. The molecule has 0 bridgehead atoms. The zero-order valence-corrected chi connectivity index (χ0v) is 12.5. The molecule has 0 atom stereocenters. The van der Waals surface area contributed by atoms with Crippen molar-refractivity contribution >= 4 is 28.7 Å². The van der Waals surface area contributed by atoms with Crippen LogP contribution in [-0.2, 0) is 0 Å². The topological polar surface area (TPSA) is 42.5 Å². The van der Waals surface area contributed by atoms with Crippen molar-refractivity contribution in [3.8, 4) is 11.5 Å². The third-order valence-corrected chi connectivity index (χ3v) is 3.40. The summed E-state index contributed by atoms with van der Waals surface area (Å²) in [6.07, 6.45) is 0. The van der Waals surface area contributed by atoms with Crippen molar-refractivity contribution < 1.29 is 9.47 Å². The summed E-state index contributed by atoms with van der Waals surface area (Å²) in [6.45, 7) is 3.20. The molecule has 1 aliphatic rings. The largest absolute Gasteiger partial charge is 0.486 e. The zero-order chi connectivity index (χ0) is 14.7. The average molecular weight is 300 g/mol. The molecule has 3 rings (SSSR count). The highest BCUT2D eigenvalue weighted by Gasteiger charge is 2.12. The molecule has 4 nitrogen and oxygen atoms in total. The number of nitrogens with one attached hydrogen (secondary N) is 2. The van der Waals surface area contributed by atoms with Gasteiger partial charge < -0.3 is 20.1 Å².